The Hall–Kier alpha value is -2.29. The van der Waals surface area contributed by atoms with Crippen LogP contribution in [0.5, 0.6) is 0 Å². The van der Waals surface area contributed by atoms with Gasteiger partial charge in [-0.15, -0.1) is 10.2 Å². The molecule has 2 fully saturated rings. The van der Waals surface area contributed by atoms with Crippen LogP contribution in [0.4, 0.5) is 0 Å². The summed E-state index contributed by atoms with van der Waals surface area (Å²) in [5.41, 5.74) is 0.926. The summed E-state index contributed by atoms with van der Waals surface area (Å²) in [4.78, 5) is 18.8. The van der Waals surface area contributed by atoms with Gasteiger partial charge in [0.15, 0.2) is 0 Å². The first-order valence-electron chi connectivity index (χ1n) is 9.46. The molecule has 0 spiro atoms. The molecule has 1 aromatic heterocycles. The molecular weight excluding hydrogens is 346 g/mol. The quantitative estimate of drug-likeness (QED) is 0.766. The largest absolute Gasteiger partial charge is 0.419 e. The number of carbonyl (C=O) groups is 1. The minimum Gasteiger partial charge on any atom is -0.419 e. The standard InChI is InChI=1S/C19H25N5O3/c25-18(15-23-10-12-26-13-11-23)24-8-6-22(7-9-24)14-17-20-21-19(27-17)16-4-2-1-3-5-16/h1-5H,6-15H2. The topological polar surface area (TPSA) is 74.9 Å². The van der Waals surface area contributed by atoms with Crippen molar-refractivity contribution < 1.29 is 13.9 Å². The number of morpholine rings is 1. The smallest absolute Gasteiger partial charge is 0.247 e. The summed E-state index contributed by atoms with van der Waals surface area (Å²) in [7, 11) is 0. The molecule has 8 heteroatoms. The highest BCUT2D eigenvalue weighted by Gasteiger charge is 2.24. The highest BCUT2D eigenvalue weighted by molar-refractivity contribution is 5.78. The minimum absolute atomic E-state index is 0.209. The highest BCUT2D eigenvalue weighted by atomic mass is 16.5. The molecule has 3 heterocycles. The van der Waals surface area contributed by atoms with E-state index in [0.29, 0.717) is 24.9 Å². The Morgan fingerprint density at radius 3 is 2.41 bits per heavy atom. The Morgan fingerprint density at radius 1 is 0.926 bits per heavy atom. The lowest BCUT2D eigenvalue weighted by molar-refractivity contribution is -0.135. The number of piperazine rings is 1. The number of nitrogens with zero attached hydrogens (tertiary/aromatic N) is 5. The van der Waals surface area contributed by atoms with Gasteiger partial charge in [0.2, 0.25) is 17.7 Å². The Labute approximate surface area is 158 Å². The van der Waals surface area contributed by atoms with Crippen LogP contribution in [-0.4, -0.2) is 89.8 Å². The maximum atomic E-state index is 12.5. The van der Waals surface area contributed by atoms with Gasteiger partial charge in [0.25, 0.3) is 0 Å². The van der Waals surface area contributed by atoms with Gasteiger partial charge in [0, 0.05) is 44.8 Å². The Kier molecular flexibility index (Phi) is 5.76. The molecule has 0 saturated carbocycles. The normalized spacial score (nSPS) is 19.3. The summed E-state index contributed by atoms with van der Waals surface area (Å²) in [6.45, 7) is 7.34. The van der Waals surface area contributed by atoms with E-state index in [1.165, 1.54) is 0 Å². The second-order valence-corrected chi connectivity index (χ2v) is 6.91. The minimum atomic E-state index is 0.209. The summed E-state index contributed by atoms with van der Waals surface area (Å²) in [6, 6.07) is 9.77. The summed E-state index contributed by atoms with van der Waals surface area (Å²) >= 11 is 0. The third kappa shape index (κ3) is 4.71. The van der Waals surface area contributed by atoms with E-state index in [2.05, 4.69) is 20.0 Å². The zero-order valence-corrected chi connectivity index (χ0v) is 15.4. The number of carbonyl (C=O) groups excluding carboxylic acids is 1. The molecule has 0 radical (unpaired) electrons. The van der Waals surface area contributed by atoms with Crippen LogP contribution in [-0.2, 0) is 16.1 Å². The van der Waals surface area contributed by atoms with Crippen molar-refractivity contribution >= 4 is 5.91 Å². The molecule has 2 saturated heterocycles. The van der Waals surface area contributed by atoms with Gasteiger partial charge < -0.3 is 14.1 Å². The molecule has 1 aromatic carbocycles. The first-order chi connectivity index (χ1) is 13.3. The lowest BCUT2D eigenvalue weighted by atomic mass is 10.2. The fourth-order valence-corrected chi connectivity index (χ4v) is 3.41. The molecule has 144 valence electrons. The van der Waals surface area contributed by atoms with Gasteiger partial charge in [-0.05, 0) is 12.1 Å². The van der Waals surface area contributed by atoms with Crippen LogP contribution in [0.2, 0.25) is 0 Å². The molecule has 0 aliphatic carbocycles. The van der Waals surface area contributed by atoms with E-state index in [9.17, 15) is 4.79 Å². The van der Waals surface area contributed by atoms with E-state index in [1.807, 2.05) is 35.2 Å². The van der Waals surface area contributed by atoms with Crippen LogP contribution in [0, 0.1) is 0 Å². The Balaban J connectivity index is 1.25. The summed E-state index contributed by atoms with van der Waals surface area (Å²) in [6.07, 6.45) is 0. The number of benzene rings is 1. The predicted octanol–water partition coefficient (Wildman–Crippen LogP) is 0.713. The van der Waals surface area contributed by atoms with E-state index in [1.54, 1.807) is 0 Å². The number of rotatable bonds is 5. The van der Waals surface area contributed by atoms with Crippen molar-refractivity contribution in [2.24, 2.45) is 0 Å². The molecule has 2 aliphatic heterocycles. The lowest BCUT2D eigenvalue weighted by Crippen LogP contribution is -2.52. The van der Waals surface area contributed by atoms with Crippen LogP contribution in [0.3, 0.4) is 0 Å². The van der Waals surface area contributed by atoms with Crippen LogP contribution in [0.15, 0.2) is 34.7 Å². The molecule has 0 N–H and O–H groups in total. The van der Waals surface area contributed by atoms with Crippen molar-refractivity contribution in [2.45, 2.75) is 6.54 Å². The third-order valence-corrected chi connectivity index (χ3v) is 5.03. The molecule has 8 nitrogen and oxygen atoms in total. The Bertz CT molecular complexity index is 737. The van der Waals surface area contributed by atoms with Crippen molar-refractivity contribution in [1.82, 2.24) is 24.9 Å². The van der Waals surface area contributed by atoms with Crippen molar-refractivity contribution in [1.29, 1.82) is 0 Å². The molecule has 2 aliphatic rings. The highest BCUT2D eigenvalue weighted by Crippen LogP contribution is 2.18. The molecule has 0 atom stereocenters. The maximum absolute atomic E-state index is 12.5. The second-order valence-electron chi connectivity index (χ2n) is 6.91. The summed E-state index contributed by atoms with van der Waals surface area (Å²) in [5, 5.41) is 8.30. The first-order valence-corrected chi connectivity index (χ1v) is 9.46. The number of hydrogen-bond donors (Lipinski definition) is 0. The number of aromatic nitrogens is 2. The predicted molar refractivity (Wildman–Crippen MR) is 98.9 cm³/mol. The van der Waals surface area contributed by atoms with E-state index in [-0.39, 0.29) is 5.91 Å². The van der Waals surface area contributed by atoms with E-state index in [0.717, 1.165) is 58.0 Å². The Morgan fingerprint density at radius 2 is 1.67 bits per heavy atom. The number of amides is 1. The molecule has 0 unspecified atom stereocenters. The fraction of sp³-hybridized carbons (Fsp3) is 0.526. The van der Waals surface area contributed by atoms with Gasteiger partial charge in [-0.2, -0.15) is 0 Å². The van der Waals surface area contributed by atoms with Crippen LogP contribution >= 0.6 is 0 Å². The summed E-state index contributed by atoms with van der Waals surface area (Å²) < 4.78 is 11.1. The van der Waals surface area contributed by atoms with Gasteiger partial charge in [0.05, 0.1) is 26.3 Å². The average molecular weight is 371 g/mol. The molecule has 1 amide bonds. The van der Waals surface area contributed by atoms with Gasteiger partial charge >= 0.3 is 0 Å². The summed E-state index contributed by atoms with van der Waals surface area (Å²) in [5.74, 6) is 1.37. The van der Waals surface area contributed by atoms with E-state index < -0.39 is 0 Å². The SMILES string of the molecule is O=C(CN1CCOCC1)N1CCN(Cc2nnc(-c3ccccc3)o2)CC1. The van der Waals surface area contributed by atoms with Gasteiger partial charge in [0.1, 0.15) is 0 Å². The monoisotopic (exact) mass is 371 g/mol. The van der Waals surface area contributed by atoms with Crippen molar-refractivity contribution in [3.63, 3.8) is 0 Å². The number of ether oxygens (including phenoxy) is 1. The van der Waals surface area contributed by atoms with Crippen molar-refractivity contribution in [2.75, 3.05) is 59.0 Å². The van der Waals surface area contributed by atoms with Gasteiger partial charge in [-0.3, -0.25) is 14.6 Å². The molecule has 2 aromatic rings. The van der Waals surface area contributed by atoms with Crippen molar-refractivity contribution in [3.8, 4) is 11.5 Å². The van der Waals surface area contributed by atoms with Gasteiger partial charge in [-0.1, -0.05) is 18.2 Å². The molecular formula is C19H25N5O3. The number of hydrogen-bond acceptors (Lipinski definition) is 7. The molecule has 0 bridgehead atoms. The lowest BCUT2D eigenvalue weighted by Gasteiger charge is -2.35. The molecule has 27 heavy (non-hydrogen) atoms. The van der Waals surface area contributed by atoms with E-state index >= 15 is 0 Å². The van der Waals surface area contributed by atoms with Crippen LogP contribution in [0.1, 0.15) is 5.89 Å². The van der Waals surface area contributed by atoms with Crippen LogP contribution < -0.4 is 0 Å². The second kappa shape index (κ2) is 8.60. The zero-order valence-electron chi connectivity index (χ0n) is 15.4. The van der Waals surface area contributed by atoms with Crippen molar-refractivity contribution in [3.05, 3.63) is 36.2 Å². The third-order valence-electron chi connectivity index (χ3n) is 5.03. The average Bonchev–Trinajstić information content (AvgIpc) is 3.18. The van der Waals surface area contributed by atoms with Gasteiger partial charge in [-0.25, -0.2) is 0 Å². The van der Waals surface area contributed by atoms with E-state index in [4.69, 9.17) is 9.15 Å². The van der Waals surface area contributed by atoms with Crippen LogP contribution in [0.25, 0.3) is 11.5 Å². The molecule has 4 rings (SSSR count). The first kappa shape index (κ1) is 18.1. The fourth-order valence-electron chi connectivity index (χ4n) is 3.41. The maximum Gasteiger partial charge on any atom is 0.247 e. The zero-order chi connectivity index (χ0) is 18.5.